The summed E-state index contributed by atoms with van der Waals surface area (Å²) in [5.41, 5.74) is 3.27. The first kappa shape index (κ1) is 14.2. The number of nitrogens with one attached hydrogen (secondary N) is 1. The molecule has 1 unspecified atom stereocenters. The van der Waals surface area contributed by atoms with Gasteiger partial charge in [-0.25, -0.2) is 0 Å². The lowest BCUT2D eigenvalue weighted by Gasteiger charge is -2.22. The van der Waals surface area contributed by atoms with Crippen LogP contribution in [0.1, 0.15) is 30.1 Å². The van der Waals surface area contributed by atoms with Gasteiger partial charge in [-0.1, -0.05) is 30.3 Å². The maximum Gasteiger partial charge on any atom is 0.0809 e. The highest BCUT2D eigenvalue weighted by molar-refractivity contribution is 7.17. The van der Waals surface area contributed by atoms with Crippen molar-refractivity contribution in [2.45, 2.75) is 19.0 Å². The van der Waals surface area contributed by atoms with Crippen LogP contribution in [-0.4, -0.2) is 16.7 Å². The van der Waals surface area contributed by atoms with Crippen molar-refractivity contribution < 1.29 is 5.11 Å². The number of fused-ring (bicyclic) bond motifs is 1. The van der Waals surface area contributed by atoms with Gasteiger partial charge >= 0.3 is 0 Å². The van der Waals surface area contributed by atoms with Gasteiger partial charge in [0.2, 0.25) is 0 Å². The van der Waals surface area contributed by atoms with Crippen molar-refractivity contribution >= 4 is 21.6 Å². The highest BCUT2D eigenvalue weighted by Gasteiger charge is 2.15. The first-order chi connectivity index (χ1) is 10.3. The average molecular weight is 298 g/mol. The second-order valence-corrected chi connectivity index (χ2v) is 6.05. The summed E-state index contributed by atoms with van der Waals surface area (Å²) in [7, 11) is 0. The lowest BCUT2D eigenvalue weighted by Crippen LogP contribution is -2.27. The van der Waals surface area contributed by atoms with E-state index in [1.807, 2.05) is 42.6 Å². The third kappa shape index (κ3) is 3.13. The normalized spacial score (nSPS) is 14.2. The molecule has 3 nitrogen and oxygen atoms in total. The van der Waals surface area contributed by atoms with Gasteiger partial charge in [-0.2, -0.15) is 0 Å². The highest BCUT2D eigenvalue weighted by atomic mass is 32.1. The van der Waals surface area contributed by atoms with Gasteiger partial charge in [-0.3, -0.25) is 4.98 Å². The van der Waals surface area contributed by atoms with Crippen molar-refractivity contribution in [2.75, 3.05) is 6.61 Å². The van der Waals surface area contributed by atoms with E-state index in [1.165, 1.54) is 4.70 Å². The van der Waals surface area contributed by atoms with E-state index < -0.39 is 0 Å². The molecular weight excluding hydrogens is 280 g/mol. The van der Waals surface area contributed by atoms with Gasteiger partial charge in [-0.05, 0) is 35.6 Å². The summed E-state index contributed by atoms with van der Waals surface area (Å²) in [5.74, 6) is 0. The molecule has 1 aromatic carbocycles. The number of thiophene rings is 1. The molecule has 0 bridgehead atoms. The van der Waals surface area contributed by atoms with E-state index in [4.69, 9.17) is 0 Å². The summed E-state index contributed by atoms with van der Waals surface area (Å²) < 4.78 is 1.20. The summed E-state index contributed by atoms with van der Waals surface area (Å²) in [6.07, 6.45) is 1.91. The molecule has 3 aromatic rings. The van der Waals surface area contributed by atoms with Crippen LogP contribution in [0.3, 0.4) is 0 Å². The van der Waals surface area contributed by atoms with Crippen molar-refractivity contribution in [2.24, 2.45) is 0 Å². The molecule has 0 fully saturated rings. The molecule has 0 radical (unpaired) electrons. The van der Waals surface area contributed by atoms with Crippen LogP contribution in [0.25, 0.3) is 10.2 Å². The van der Waals surface area contributed by atoms with E-state index in [0.717, 1.165) is 16.6 Å². The topological polar surface area (TPSA) is 45.1 Å². The molecule has 21 heavy (non-hydrogen) atoms. The molecule has 3 rings (SSSR count). The zero-order chi connectivity index (χ0) is 14.7. The molecule has 4 heteroatoms. The van der Waals surface area contributed by atoms with Crippen LogP contribution < -0.4 is 5.32 Å². The second kappa shape index (κ2) is 6.35. The first-order valence-electron chi connectivity index (χ1n) is 7.03. The van der Waals surface area contributed by atoms with Gasteiger partial charge < -0.3 is 10.4 Å². The lowest BCUT2D eigenvalue weighted by molar-refractivity contribution is 0.235. The molecule has 0 spiro atoms. The predicted molar refractivity (Wildman–Crippen MR) is 87.4 cm³/mol. The Hall–Kier alpha value is -1.75. The van der Waals surface area contributed by atoms with Crippen molar-refractivity contribution in [3.8, 4) is 0 Å². The molecular formula is C17H18N2OS. The molecule has 108 valence electrons. The van der Waals surface area contributed by atoms with Crippen molar-refractivity contribution in [3.05, 3.63) is 65.2 Å². The Morgan fingerprint density at radius 2 is 2.00 bits per heavy atom. The van der Waals surface area contributed by atoms with Crippen molar-refractivity contribution in [3.63, 3.8) is 0 Å². The SMILES string of the molecule is CC(N[C@H](CO)c1ccccc1)c1cnc2ccsc2c1. The zero-order valence-electron chi connectivity index (χ0n) is 11.9. The number of aromatic nitrogens is 1. The number of pyridine rings is 1. The molecule has 0 amide bonds. The van der Waals surface area contributed by atoms with E-state index in [2.05, 4.69) is 28.7 Å². The maximum absolute atomic E-state index is 9.64. The van der Waals surface area contributed by atoms with E-state index in [0.29, 0.717) is 0 Å². The van der Waals surface area contributed by atoms with Crippen LogP contribution >= 0.6 is 11.3 Å². The van der Waals surface area contributed by atoms with Gasteiger partial charge in [0, 0.05) is 12.2 Å². The molecule has 2 N–H and O–H groups in total. The number of aliphatic hydroxyl groups excluding tert-OH is 1. The summed E-state index contributed by atoms with van der Waals surface area (Å²) in [5, 5.41) is 15.2. The van der Waals surface area contributed by atoms with Crippen LogP contribution in [0.2, 0.25) is 0 Å². The molecule has 0 saturated carbocycles. The molecule has 0 aliphatic rings. The molecule has 2 atom stereocenters. The van der Waals surface area contributed by atoms with Crippen molar-refractivity contribution in [1.82, 2.24) is 10.3 Å². The van der Waals surface area contributed by atoms with E-state index >= 15 is 0 Å². The van der Waals surface area contributed by atoms with Crippen molar-refractivity contribution in [1.29, 1.82) is 0 Å². The first-order valence-corrected chi connectivity index (χ1v) is 7.91. The third-order valence-corrected chi connectivity index (χ3v) is 4.51. The fourth-order valence-corrected chi connectivity index (χ4v) is 3.23. The Bertz CT molecular complexity index is 711. The molecule has 0 aliphatic heterocycles. The van der Waals surface area contributed by atoms with Gasteiger partial charge in [0.05, 0.1) is 22.9 Å². The van der Waals surface area contributed by atoms with E-state index in [9.17, 15) is 5.11 Å². The van der Waals surface area contributed by atoms with Crippen LogP contribution in [0.4, 0.5) is 0 Å². The Balaban J connectivity index is 1.79. The minimum Gasteiger partial charge on any atom is -0.394 e. The van der Waals surface area contributed by atoms with E-state index in [-0.39, 0.29) is 18.7 Å². The number of hydrogen-bond acceptors (Lipinski definition) is 4. The minimum atomic E-state index is -0.0692. The molecule has 0 saturated heterocycles. The van der Waals surface area contributed by atoms with Gasteiger partial charge in [0.1, 0.15) is 0 Å². The summed E-state index contributed by atoms with van der Waals surface area (Å²) in [6, 6.07) is 14.3. The molecule has 0 aliphatic carbocycles. The van der Waals surface area contributed by atoms with Crippen LogP contribution in [0.15, 0.2) is 54.0 Å². The standard InChI is InChI=1S/C17H18N2OS/c1-12(14-9-17-15(18-10-14)7-8-21-17)19-16(11-20)13-5-3-2-4-6-13/h2-10,12,16,19-20H,11H2,1H3/t12?,16-/m1/s1. The predicted octanol–water partition coefficient (Wildman–Crippen LogP) is 3.68. The fraction of sp³-hybridized carbons (Fsp3) is 0.235. The minimum absolute atomic E-state index is 0.0692. The van der Waals surface area contributed by atoms with Gasteiger partial charge in [-0.15, -0.1) is 11.3 Å². The Labute approximate surface area is 128 Å². The zero-order valence-corrected chi connectivity index (χ0v) is 12.7. The summed E-state index contributed by atoms with van der Waals surface area (Å²) in [4.78, 5) is 4.48. The Morgan fingerprint density at radius 3 is 2.76 bits per heavy atom. The Morgan fingerprint density at radius 1 is 1.19 bits per heavy atom. The second-order valence-electron chi connectivity index (χ2n) is 5.11. The largest absolute Gasteiger partial charge is 0.394 e. The highest BCUT2D eigenvalue weighted by Crippen LogP contribution is 2.24. The number of hydrogen-bond donors (Lipinski definition) is 2. The van der Waals surface area contributed by atoms with Gasteiger partial charge in [0.15, 0.2) is 0 Å². The number of benzene rings is 1. The summed E-state index contributed by atoms with van der Waals surface area (Å²) >= 11 is 1.70. The molecule has 2 heterocycles. The van der Waals surface area contributed by atoms with Crippen LogP contribution in [-0.2, 0) is 0 Å². The van der Waals surface area contributed by atoms with Crippen LogP contribution in [0.5, 0.6) is 0 Å². The average Bonchev–Trinajstić information content (AvgIpc) is 3.00. The Kier molecular flexibility index (Phi) is 4.29. The smallest absolute Gasteiger partial charge is 0.0809 e. The summed E-state index contributed by atoms with van der Waals surface area (Å²) in [6.45, 7) is 2.17. The van der Waals surface area contributed by atoms with Gasteiger partial charge in [0.25, 0.3) is 0 Å². The molecule has 2 aromatic heterocycles. The lowest BCUT2D eigenvalue weighted by atomic mass is 10.0. The van der Waals surface area contributed by atoms with E-state index in [1.54, 1.807) is 11.3 Å². The fourth-order valence-electron chi connectivity index (χ4n) is 2.44. The number of aliphatic hydroxyl groups is 1. The monoisotopic (exact) mass is 298 g/mol. The quantitative estimate of drug-likeness (QED) is 0.755. The number of nitrogens with zero attached hydrogens (tertiary/aromatic N) is 1. The third-order valence-electron chi connectivity index (χ3n) is 3.66. The van der Waals surface area contributed by atoms with Crippen LogP contribution in [0, 0.1) is 0 Å². The number of rotatable bonds is 5. The maximum atomic E-state index is 9.64.